The lowest BCUT2D eigenvalue weighted by molar-refractivity contribution is -0.137. The van der Waals surface area contributed by atoms with Crippen molar-refractivity contribution in [3.63, 3.8) is 0 Å². The summed E-state index contributed by atoms with van der Waals surface area (Å²) < 4.78 is 44.4. The summed E-state index contributed by atoms with van der Waals surface area (Å²) in [5.74, 6) is 0. The second-order valence-corrected chi connectivity index (χ2v) is 8.31. The Morgan fingerprint density at radius 2 is 2.03 bits per heavy atom. The third kappa shape index (κ3) is 6.36. The quantitative estimate of drug-likeness (QED) is 0.398. The van der Waals surface area contributed by atoms with Crippen LogP contribution < -0.4 is 10.2 Å². The highest BCUT2D eigenvalue weighted by Crippen LogP contribution is 2.31. The molecule has 0 spiro atoms. The van der Waals surface area contributed by atoms with E-state index in [0.29, 0.717) is 30.5 Å². The molecule has 1 heterocycles. The van der Waals surface area contributed by atoms with Crippen LogP contribution in [-0.4, -0.2) is 43.4 Å². The number of nitrogens with one attached hydrogen (secondary N) is 1. The molecular weight excluding hydrogens is 435 g/mol. The summed E-state index contributed by atoms with van der Waals surface area (Å²) in [5, 5.41) is 3.39. The Balaban J connectivity index is 1.75. The van der Waals surface area contributed by atoms with Crippen LogP contribution in [0.3, 0.4) is 0 Å². The fourth-order valence-electron chi connectivity index (χ4n) is 4.00. The van der Waals surface area contributed by atoms with Gasteiger partial charge < -0.3 is 19.9 Å². The van der Waals surface area contributed by atoms with Crippen molar-refractivity contribution in [3.05, 3.63) is 59.2 Å². The normalized spacial score (nSPS) is 13.6. The Kier molecular flexibility index (Phi) is 8.37. The largest absolute Gasteiger partial charge is 0.416 e. The Morgan fingerprint density at radius 1 is 1.22 bits per heavy atom. The van der Waals surface area contributed by atoms with E-state index in [-0.39, 0.29) is 0 Å². The number of hydrogen-bond donors (Lipinski definition) is 1. The van der Waals surface area contributed by atoms with Crippen LogP contribution in [0.4, 0.5) is 24.5 Å². The number of rotatable bonds is 8. The summed E-state index contributed by atoms with van der Waals surface area (Å²) in [7, 11) is 1.65. The number of benzene rings is 2. The molecule has 1 aliphatic heterocycles. The van der Waals surface area contributed by atoms with Gasteiger partial charge in [0.05, 0.1) is 5.56 Å². The number of ether oxygens (including phenoxy) is 1. The van der Waals surface area contributed by atoms with Gasteiger partial charge in [-0.2, -0.15) is 13.2 Å². The molecule has 1 aliphatic rings. The third-order valence-corrected chi connectivity index (χ3v) is 5.98. The van der Waals surface area contributed by atoms with Gasteiger partial charge >= 0.3 is 6.18 Å². The molecule has 0 atom stereocenters. The molecule has 8 heteroatoms. The minimum absolute atomic E-state index is 0.325. The zero-order valence-electron chi connectivity index (χ0n) is 18.5. The summed E-state index contributed by atoms with van der Waals surface area (Å²) in [6.07, 6.45) is -1.45. The standard InChI is InChI=1S/C24H30F3N3OS/c1-3-29-12-5-7-19-15-18(10-11-22(19)29)17-30(13-6-14-31-2)23(32)28-21-9-4-8-20(16-21)24(25,26)27/h4,8-11,15-16H,3,5-7,12-14,17H2,1-2H3,(H,28,32). The lowest BCUT2D eigenvalue weighted by atomic mass is 9.99. The van der Waals surface area contributed by atoms with Crippen LogP contribution in [0.2, 0.25) is 0 Å². The highest BCUT2D eigenvalue weighted by molar-refractivity contribution is 7.80. The van der Waals surface area contributed by atoms with Crippen LogP contribution >= 0.6 is 12.2 Å². The molecule has 4 nitrogen and oxygen atoms in total. The van der Waals surface area contributed by atoms with Gasteiger partial charge in [0.2, 0.25) is 0 Å². The fraction of sp³-hybridized carbons (Fsp3) is 0.458. The van der Waals surface area contributed by atoms with Gasteiger partial charge in [0, 0.05) is 51.3 Å². The first-order valence-electron chi connectivity index (χ1n) is 10.9. The molecule has 0 saturated heterocycles. The number of aryl methyl sites for hydroxylation is 1. The molecule has 0 bridgehead atoms. The predicted molar refractivity (Wildman–Crippen MR) is 127 cm³/mol. The maximum atomic E-state index is 13.1. The molecule has 174 valence electrons. The summed E-state index contributed by atoms with van der Waals surface area (Å²) in [5.41, 5.74) is 3.38. The SMILES string of the molecule is CCN1CCCc2cc(CN(CCCOC)C(=S)Nc3cccc(C(F)(F)F)c3)ccc21. The van der Waals surface area contributed by atoms with Gasteiger partial charge in [-0.3, -0.25) is 0 Å². The van der Waals surface area contributed by atoms with Crippen molar-refractivity contribution in [2.24, 2.45) is 0 Å². The van der Waals surface area contributed by atoms with E-state index >= 15 is 0 Å². The molecule has 0 aromatic heterocycles. The summed E-state index contributed by atoms with van der Waals surface area (Å²) in [6, 6.07) is 11.6. The smallest absolute Gasteiger partial charge is 0.385 e. The van der Waals surface area contributed by atoms with Gasteiger partial charge in [-0.25, -0.2) is 0 Å². The van der Waals surface area contributed by atoms with Crippen LogP contribution in [-0.2, 0) is 23.9 Å². The lowest BCUT2D eigenvalue weighted by Crippen LogP contribution is -2.35. The second-order valence-electron chi connectivity index (χ2n) is 7.92. The lowest BCUT2D eigenvalue weighted by Gasteiger charge is -2.31. The monoisotopic (exact) mass is 465 g/mol. The molecule has 3 rings (SSSR count). The van der Waals surface area contributed by atoms with Gasteiger partial charge in [-0.15, -0.1) is 0 Å². The van der Waals surface area contributed by atoms with E-state index in [4.69, 9.17) is 17.0 Å². The van der Waals surface area contributed by atoms with Crippen molar-refractivity contribution in [2.75, 3.05) is 43.6 Å². The van der Waals surface area contributed by atoms with Crippen molar-refractivity contribution < 1.29 is 17.9 Å². The first kappa shape index (κ1) is 24.3. The van der Waals surface area contributed by atoms with Crippen LogP contribution in [0.15, 0.2) is 42.5 Å². The molecule has 0 fully saturated rings. The van der Waals surface area contributed by atoms with Gasteiger partial charge in [0.15, 0.2) is 5.11 Å². The number of fused-ring (bicyclic) bond motifs is 1. The maximum absolute atomic E-state index is 13.1. The molecule has 0 unspecified atom stereocenters. The molecule has 2 aromatic rings. The van der Waals surface area contributed by atoms with Crippen LogP contribution in [0, 0.1) is 0 Å². The molecule has 1 N–H and O–H groups in total. The zero-order valence-corrected chi connectivity index (χ0v) is 19.4. The minimum atomic E-state index is -4.40. The second kappa shape index (κ2) is 11.0. The van der Waals surface area contributed by atoms with E-state index in [1.807, 2.05) is 4.90 Å². The average Bonchev–Trinajstić information content (AvgIpc) is 2.77. The highest BCUT2D eigenvalue weighted by Gasteiger charge is 2.30. The highest BCUT2D eigenvalue weighted by atomic mass is 32.1. The van der Waals surface area contributed by atoms with E-state index in [1.165, 1.54) is 17.3 Å². The number of thiocarbonyl (C=S) groups is 1. The Bertz CT molecular complexity index is 920. The molecule has 2 aromatic carbocycles. The maximum Gasteiger partial charge on any atom is 0.416 e. The van der Waals surface area contributed by atoms with Crippen LogP contribution in [0.25, 0.3) is 0 Å². The van der Waals surface area contributed by atoms with Crippen molar-refractivity contribution in [1.82, 2.24) is 4.90 Å². The number of hydrogen-bond acceptors (Lipinski definition) is 3. The molecule has 0 amide bonds. The van der Waals surface area contributed by atoms with Crippen molar-refractivity contribution in [3.8, 4) is 0 Å². The first-order valence-corrected chi connectivity index (χ1v) is 11.3. The van der Waals surface area contributed by atoms with Gasteiger partial charge in [0.1, 0.15) is 0 Å². The number of anilines is 2. The van der Waals surface area contributed by atoms with E-state index in [1.54, 1.807) is 13.2 Å². The number of alkyl halides is 3. The van der Waals surface area contributed by atoms with Gasteiger partial charge in [-0.05, 0) is 73.8 Å². The fourth-order valence-corrected chi connectivity index (χ4v) is 4.28. The van der Waals surface area contributed by atoms with Gasteiger partial charge in [0.25, 0.3) is 0 Å². The van der Waals surface area contributed by atoms with Gasteiger partial charge in [-0.1, -0.05) is 18.2 Å². The number of halogens is 3. The van der Waals surface area contributed by atoms with E-state index in [0.717, 1.165) is 50.0 Å². The zero-order chi connectivity index (χ0) is 23.1. The molecule has 32 heavy (non-hydrogen) atoms. The minimum Gasteiger partial charge on any atom is -0.385 e. The topological polar surface area (TPSA) is 27.7 Å². The summed E-state index contributed by atoms with van der Waals surface area (Å²) >= 11 is 5.59. The van der Waals surface area contributed by atoms with Crippen LogP contribution in [0.1, 0.15) is 36.5 Å². The molecule has 0 radical (unpaired) electrons. The van der Waals surface area contributed by atoms with E-state index in [9.17, 15) is 13.2 Å². The first-order chi connectivity index (χ1) is 15.3. The van der Waals surface area contributed by atoms with Crippen molar-refractivity contribution in [1.29, 1.82) is 0 Å². The van der Waals surface area contributed by atoms with E-state index in [2.05, 4.69) is 35.3 Å². The third-order valence-electron chi connectivity index (χ3n) is 5.62. The van der Waals surface area contributed by atoms with Crippen LogP contribution in [0.5, 0.6) is 0 Å². The van der Waals surface area contributed by atoms with Crippen molar-refractivity contribution >= 4 is 28.7 Å². The summed E-state index contributed by atoms with van der Waals surface area (Å²) in [4.78, 5) is 4.37. The predicted octanol–water partition coefficient (Wildman–Crippen LogP) is 5.71. The molecule has 0 saturated carbocycles. The Morgan fingerprint density at radius 3 is 2.75 bits per heavy atom. The van der Waals surface area contributed by atoms with E-state index < -0.39 is 11.7 Å². The molecule has 0 aliphatic carbocycles. The van der Waals surface area contributed by atoms with Crippen molar-refractivity contribution in [2.45, 2.75) is 38.9 Å². The average molecular weight is 466 g/mol. The summed E-state index contributed by atoms with van der Waals surface area (Å²) in [6.45, 7) is 6.03. The number of nitrogens with zero attached hydrogens (tertiary/aromatic N) is 2. The molecular formula is C24H30F3N3OS. The Hall–Kier alpha value is -2.32. The Labute approximate surface area is 193 Å². The number of methoxy groups -OCH3 is 1.